The Hall–Kier alpha value is -2.04. The Balaban J connectivity index is 2.41. The van der Waals surface area contributed by atoms with Gasteiger partial charge in [-0.25, -0.2) is 4.79 Å². The number of rotatable bonds is 8. The topological polar surface area (TPSA) is 81.3 Å². The standard InChI is InChI=1S/C17H26N2O3/c1-4-12(2)15(16(20)21)19-17(22)18-13(3)10-11-14-8-6-5-7-9-14/h5-9,12-13,15H,4,10-11H2,1-3H3,(H,20,21)(H2,18,19,22)/p-1/t12-,13-,15+/m1/s1. The first kappa shape index (κ1) is 18.0. The molecule has 0 bridgehead atoms. The van der Waals surface area contributed by atoms with E-state index in [2.05, 4.69) is 10.6 Å². The SMILES string of the molecule is CC[C@@H](C)[C@H](NC(=O)N[C@H](C)CCc1ccccc1)C(=O)[O-]. The van der Waals surface area contributed by atoms with E-state index in [4.69, 9.17) is 0 Å². The summed E-state index contributed by atoms with van der Waals surface area (Å²) in [5.41, 5.74) is 1.21. The van der Waals surface area contributed by atoms with Crippen molar-refractivity contribution in [3.63, 3.8) is 0 Å². The zero-order chi connectivity index (χ0) is 16.5. The fourth-order valence-corrected chi connectivity index (χ4v) is 2.18. The normalized spacial score (nSPS) is 14.7. The van der Waals surface area contributed by atoms with Gasteiger partial charge in [-0.3, -0.25) is 0 Å². The molecule has 0 aromatic heterocycles. The summed E-state index contributed by atoms with van der Waals surface area (Å²) in [5.74, 6) is -1.42. The number of benzene rings is 1. The molecule has 5 heteroatoms. The van der Waals surface area contributed by atoms with Crippen LogP contribution in [0.4, 0.5) is 4.79 Å². The summed E-state index contributed by atoms with van der Waals surface area (Å²) in [6, 6.07) is 8.55. The highest BCUT2D eigenvalue weighted by molar-refractivity contribution is 5.81. The number of carbonyl (C=O) groups excluding carboxylic acids is 2. The molecule has 0 aliphatic carbocycles. The summed E-state index contributed by atoms with van der Waals surface area (Å²) in [5, 5.41) is 16.3. The molecule has 0 saturated heterocycles. The molecule has 0 aliphatic heterocycles. The van der Waals surface area contributed by atoms with Crippen LogP contribution in [-0.4, -0.2) is 24.1 Å². The third kappa shape index (κ3) is 6.16. The van der Waals surface area contributed by atoms with Gasteiger partial charge in [0.1, 0.15) is 0 Å². The maximum absolute atomic E-state index is 11.9. The van der Waals surface area contributed by atoms with Gasteiger partial charge in [-0.1, -0.05) is 50.6 Å². The van der Waals surface area contributed by atoms with Gasteiger partial charge in [-0.05, 0) is 31.2 Å². The van der Waals surface area contributed by atoms with Gasteiger partial charge in [0.05, 0.1) is 12.0 Å². The monoisotopic (exact) mass is 305 g/mol. The summed E-state index contributed by atoms with van der Waals surface area (Å²) >= 11 is 0. The van der Waals surface area contributed by atoms with Gasteiger partial charge < -0.3 is 20.5 Å². The van der Waals surface area contributed by atoms with Crippen LogP contribution in [0.5, 0.6) is 0 Å². The first-order chi connectivity index (χ1) is 10.4. The van der Waals surface area contributed by atoms with Gasteiger partial charge in [-0.15, -0.1) is 0 Å². The Bertz CT molecular complexity index is 476. The van der Waals surface area contributed by atoms with Crippen molar-refractivity contribution in [1.29, 1.82) is 0 Å². The number of carbonyl (C=O) groups is 2. The molecular weight excluding hydrogens is 280 g/mol. The predicted molar refractivity (Wildman–Crippen MR) is 84.1 cm³/mol. The number of aryl methyl sites for hydroxylation is 1. The average Bonchev–Trinajstić information content (AvgIpc) is 2.50. The summed E-state index contributed by atoms with van der Waals surface area (Å²) in [4.78, 5) is 23.0. The largest absolute Gasteiger partial charge is 0.548 e. The number of hydrogen-bond donors (Lipinski definition) is 2. The molecule has 3 atom stereocenters. The van der Waals surface area contributed by atoms with E-state index in [1.807, 2.05) is 44.2 Å². The number of nitrogens with one attached hydrogen (secondary N) is 2. The Morgan fingerprint density at radius 1 is 1.14 bits per heavy atom. The van der Waals surface area contributed by atoms with E-state index in [1.165, 1.54) is 5.56 Å². The molecule has 0 aliphatic rings. The van der Waals surface area contributed by atoms with Crippen LogP contribution < -0.4 is 15.7 Å². The molecule has 1 aromatic rings. The molecule has 22 heavy (non-hydrogen) atoms. The van der Waals surface area contributed by atoms with Gasteiger partial charge in [-0.2, -0.15) is 0 Å². The molecule has 122 valence electrons. The fourth-order valence-electron chi connectivity index (χ4n) is 2.18. The van der Waals surface area contributed by atoms with Crippen molar-refractivity contribution in [3.05, 3.63) is 35.9 Å². The van der Waals surface area contributed by atoms with Crippen molar-refractivity contribution in [1.82, 2.24) is 10.6 Å². The molecule has 0 radical (unpaired) electrons. The van der Waals surface area contributed by atoms with Crippen LogP contribution in [0.25, 0.3) is 0 Å². The maximum Gasteiger partial charge on any atom is 0.315 e. The van der Waals surface area contributed by atoms with Crippen LogP contribution in [0.2, 0.25) is 0 Å². The summed E-state index contributed by atoms with van der Waals surface area (Å²) in [6.45, 7) is 5.56. The third-order valence-electron chi connectivity index (χ3n) is 3.84. The Kier molecular flexibility index (Phi) is 7.43. The van der Waals surface area contributed by atoms with Crippen molar-refractivity contribution < 1.29 is 14.7 Å². The van der Waals surface area contributed by atoms with Gasteiger partial charge in [0.2, 0.25) is 0 Å². The first-order valence-electron chi connectivity index (χ1n) is 7.75. The van der Waals surface area contributed by atoms with Crippen LogP contribution in [-0.2, 0) is 11.2 Å². The predicted octanol–water partition coefficient (Wildman–Crippen LogP) is 1.47. The lowest BCUT2D eigenvalue weighted by molar-refractivity contribution is -0.309. The Morgan fingerprint density at radius 3 is 2.32 bits per heavy atom. The van der Waals surface area contributed by atoms with Crippen molar-refractivity contribution in [2.24, 2.45) is 5.92 Å². The van der Waals surface area contributed by atoms with E-state index in [-0.39, 0.29) is 12.0 Å². The average molecular weight is 305 g/mol. The maximum atomic E-state index is 11.9. The van der Waals surface area contributed by atoms with Crippen molar-refractivity contribution in [3.8, 4) is 0 Å². The molecule has 2 N–H and O–H groups in total. The number of carboxylic acid groups (broad SMARTS) is 1. The van der Waals surface area contributed by atoms with Crippen molar-refractivity contribution in [2.45, 2.75) is 52.1 Å². The van der Waals surface area contributed by atoms with Crippen LogP contribution in [0.1, 0.15) is 39.2 Å². The number of urea groups is 1. The lowest BCUT2D eigenvalue weighted by atomic mass is 9.99. The van der Waals surface area contributed by atoms with Gasteiger partial charge in [0.25, 0.3) is 0 Å². The summed E-state index contributed by atoms with van der Waals surface area (Å²) in [7, 11) is 0. The van der Waals surface area contributed by atoms with Gasteiger partial charge in [0, 0.05) is 6.04 Å². The molecule has 5 nitrogen and oxygen atoms in total. The van der Waals surface area contributed by atoms with Crippen molar-refractivity contribution in [2.75, 3.05) is 0 Å². The van der Waals surface area contributed by atoms with E-state index in [0.717, 1.165) is 12.8 Å². The molecule has 0 spiro atoms. The highest BCUT2D eigenvalue weighted by Crippen LogP contribution is 2.07. The van der Waals surface area contributed by atoms with Gasteiger partial charge in [0.15, 0.2) is 0 Å². The Labute approximate surface area is 132 Å². The zero-order valence-electron chi connectivity index (χ0n) is 13.5. The smallest absolute Gasteiger partial charge is 0.315 e. The summed E-state index contributed by atoms with van der Waals surface area (Å²) < 4.78 is 0. The molecule has 0 heterocycles. The van der Waals surface area contributed by atoms with E-state index in [1.54, 1.807) is 6.92 Å². The molecular formula is C17H25N2O3-. The second-order valence-electron chi connectivity index (χ2n) is 5.73. The lowest BCUT2D eigenvalue weighted by Crippen LogP contribution is -2.55. The number of hydrogen-bond acceptors (Lipinski definition) is 3. The third-order valence-corrected chi connectivity index (χ3v) is 3.84. The first-order valence-corrected chi connectivity index (χ1v) is 7.75. The molecule has 1 rings (SSSR count). The van der Waals surface area contributed by atoms with Gasteiger partial charge >= 0.3 is 6.03 Å². The minimum atomic E-state index is -1.25. The van der Waals surface area contributed by atoms with Crippen LogP contribution >= 0.6 is 0 Å². The highest BCUT2D eigenvalue weighted by atomic mass is 16.4. The molecule has 0 fully saturated rings. The number of amides is 2. The van der Waals surface area contributed by atoms with E-state index in [0.29, 0.717) is 6.42 Å². The minimum absolute atomic E-state index is 0.0421. The molecule has 0 unspecified atom stereocenters. The fraction of sp³-hybridized carbons (Fsp3) is 0.529. The Morgan fingerprint density at radius 2 is 1.77 bits per heavy atom. The lowest BCUT2D eigenvalue weighted by Gasteiger charge is -2.26. The van der Waals surface area contributed by atoms with E-state index in [9.17, 15) is 14.7 Å². The van der Waals surface area contributed by atoms with E-state index >= 15 is 0 Å². The van der Waals surface area contributed by atoms with Crippen LogP contribution in [0.15, 0.2) is 30.3 Å². The minimum Gasteiger partial charge on any atom is -0.548 e. The molecule has 2 amide bonds. The quantitative estimate of drug-likeness (QED) is 0.763. The van der Waals surface area contributed by atoms with E-state index < -0.39 is 18.0 Å². The highest BCUT2D eigenvalue weighted by Gasteiger charge is 2.20. The number of carboxylic acids is 1. The second kappa shape index (κ2) is 9.07. The number of aliphatic carboxylic acids is 1. The van der Waals surface area contributed by atoms with Crippen molar-refractivity contribution >= 4 is 12.0 Å². The van der Waals surface area contributed by atoms with Crippen LogP contribution in [0, 0.1) is 5.92 Å². The second-order valence-corrected chi connectivity index (χ2v) is 5.73. The molecule has 0 saturated carbocycles. The zero-order valence-corrected chi connectivity index (χ0v) is 13.5. The van der Waals surface area contributed by atoms with Crippen LogP contribution in [0.3, 0.4) is 0 Å². The molecule has 1 aromatic carbocycles. The summed E-state index contributed by atoms with van der Waals surface area (Å²) in [6.07, 6.45) is 2.30.